The molecule has 2 aromatic carbocycles. The Balaban J connectivity index is 2.40. The highest BCUT2D eigenvalue weighted by molar-refractivity contribution is 9.10. The minimum absolute atomic E-state index is 0.0355. The summed E-state index contributed by atoms with van der Waals surface area (Å²) in [7, 11) is -3.67. The number of para-hydroxylation sites is 1. The van der Waals surface area contributed by atoms with Crippen molar-refractivity contribution in [3.8, 4) is 0 Å². The molecule has 0 spiro atoms. The summed E-state index contributed by atoms with van der Waals surface area (Å²) in [5, 5.41) is 0.462. The number of nitrogens with one attached hydrogen (secondary N) is 1. The fourth-order valence-corrected chi connectivity index (χ4v) is 3.95. The Labute approximate surface area is 146 Å². The summed E-state index contributed by atoms with van der Waals surface area (Å²) < 4.78 is 28.0. The third kappa shape index (κ3) is 4.00. The molecule has 0 saturated carbocycles. The molecule has 0 amide bonds. The van der Waals surface area contributed by atoms with Crippen LogP contribution < -0.4 is 4.72 Å². The van der Waals surface area contributed by atoms with Crippen LogP contribution in [0.25, 0.3) is 0 Å². The topological polar surface area (TPSA) is 46.2 Å². The molecule has 1 atom stereocenters. The molecule has 0 fully saturated rings. The molecular weight excluding hydrogens is 441 g/mol. The Morgan fingerprint density at radius 2 is 1.86 bits per heavy atom. The summed E-state index contributed by atoms with van der Waals surface area (Å²) in [6.07, 6.45) is 0. The quantitative estimate of drug-likeness (QED) is 0.634. The number of hydrogen-bond donors (Lipinski definition) is 1. The minimum atomic E-state index is -3.67. The molecule has 112 valence electrons. The number of halogens is 3. The Kier molecular flexibility index (Phi) is 5.35. The molecule has 2 aromatic rings. The average molecular weight is 454 g/mol. The van der Waals surface area contributed by atoms with Crippen LogP contribution >= 0.6 is 43.5 Å². The molecule has 1 N–H and O–H groups in total. The van der Waals surface area contributed by atoms with E-state index in [9.17, 15) is 8.42 Å². The van der Waals surface area contributed by atoms with Gasteiger partial charge >= 0.3 is 0 Å². The monoisotopic (exact) mass is 451 g/mol. The molecule has 0 aliphatic rings. The van der Waals surface area contributed by atoms with Gasteiger partial charge in [0, 0.05) is 9.30 Å². The fraction of sp³-hybridized carbons (Fsp3) is 0.143. The number of hydrogen-bond acceptors (Lipinski definition) is 2. The van der Waals surface area contributed by atoms with Gasteiger partial charge in [0.15, 0.2) is 0 Å². The van der Waals surface area contributed by atoms with Gasteiger partial charge in [0.1, 0.15) is 0 Å². The van der Waals surface area contributed by atoms with Crippen molar-refractivity contribution >= 4 is 59.2 Å². The largest absolute Gasteiger partial charge is 0.279 e. The van der Waals surface area contributed by atoms with E-state index in [1.807, 2.05) is 19.1 Å². The number of sulfonamides is 1. The van der Waals surface area contributed by atoms with Crippen molar-refractivity contribution in [2.24, 2.45) is 0 Å². The van der Waals surface area contributed by atoms with Crippen LogP contribution in [-0.4, -0.2) is 8.42 Å². The summed E-state index contributed by atoms with van der Waals surface area (Å²) in [6, 6.07) is 11.7. The number of anilines is 1. The van der Waals surface area contributed by atoms with Gasteiger partial charge in [-0.1, -0.05) is 45.7 Å². The molecule has 2 rings (SSSR count). The maximum atomic E-state index is 12.4. The van der Waals surface area contributed by atoms with Crippen LogP contribution in [0.3, 0.4) is 0 Å². The number of rotatable bonds is 4. The normalized spacial score (nSPS) is 13.0. The van der Waals surface area contributed by atoms with Crippen molar-refractivity contribution in [1.82, 2.24) is 0 Å². The SMILES string of the molecule is CC(Br)c1ccccc1NS(=O)(=O)c1ccc(Cl)c(Br)c1. The van der Waals surface area contributed by atoms with E-state index in [4.69, 9.17) is 11.6 Å². The van der Waals surface area contributed by atoms with E-state index in [2.05, 4.69) is 36.6 Å². The van der Waals surface area contributed by atoms with Crippen molar-refractivity contribution in [2.45, 2.75) is 16.6 Å². The molecule has 3 nitrogen and oxygen atoms in total. The van der Waals surface area contributed by atoms with Crippen LogP contribution in [0.5, 0.6) is 0 Å². The standard InChI is InChI=1S/C14H12Br2ClNO2S/c1-9(15)11-4-2-3-5-14(11)18-21(19,20)10-6-7-13(17)12(16)8-10/h2-9,18H,1H3. The molecule has 21 heavy (non-hydrogen) atoms. The van der Waals surface area contributed by atoms with E-state index in [1.165, 1.54) is 12.1 Å². The van der Waals surface area contributed by atoms with Crippen molar-refractivity contribution in [3.63, 3.8) is 0 Å². The van der Waals surface area contributed by atoms with Crippen LogP contribution in [0.1, 0.15) is 17.3 Å². The smallest absolute Gasteiger partial charge is 0.261 e. The summed E-state index contributed by atoms with van der Waals surface area (Å²) in [6.45, 7) is 1.94. The molecule has 0 aliphatic heterocycles. The molecule has 7 heteroatoms. The molecule has 0 heterocycles. The summed E-state index contributed by atoms with van der Waals surface area (Å²) in [5.41, 5.74) is 1.42. The summed E-state index contributed by atoms with van der Waals surface area (Å²) >= 11 is 12.6. The predicted octanol–water partition coefficient (Wildman–Crippen LogP) is 5.36. The van der Waals surface area contributed by atoms with Crippen molar-refractivity contribution in [2.75, 3.05) is 4.72 Å². The Bertz CT molecular complexity index is 763. The maximum absolute atomic E-state index is 12.4. The van der Waals surface area contributed by atoms with Crippen LogP contribution in [0, 0.1) is 0 Å². The molecule has 0 aliphatic carbocycles. The van der Waals surface area contributed by atoms with E-state index in [1.54, 1.807) is 18.2 Å². The lowest BCUT2D eigenvalue weighted by molar-refractivity contribution is 0.601. The zero-order chi connectivity index (χ0) is 15.6. The van der Waals surface area contributed by atoms with E-state index in [0.29, 0.717) is 15.2 Å². The third-order valence-corrected chi connectivity index (χ3v) is 5.91. The molecule has 0 saturated heterocycles. The second kappa shape index (κ2) is 6.69. The van der Waals surface area contributed by atoms with Gasteiger partial charge in [0.05, 0.1) is 15.6 Å². The van der Waals surface area contributed by atoms with Gasteiger partial charge < -0.3 is 0 Å². The van der Waals surface area contributed by atoms with Gasteiger partial charge in [-0.05, 0) is 52.7 Å². The maximum Gasteiger partial charge on any atom is 0.261 e. The van der Waals surface area contributed by atoms with Gasteiger partial charge in [-0.25, -0.2) is 8.42 Å². The molecule has 0 aromatic heterocycles. The van der Waals surface area contributed by atoms with Gasteiger partial charge in [0.2, 0.25) is 0 Å². The van der Waals surface area contributed by atoms with Crippen molar-refractivity contribution in [3.05, 3.63) is 57.5 Å². The first-order valence-corrected chi connectivity index (χ1v) is 9.59. The summed E-state index contributed by atoms with van der Waals surface area (Å²) in [5.74, 6) is 0. The first-order valence-electron chi connectivity index (χ1n) is 6.02. The van der Waals surface area contributed by atoms with Crippen molar-refractivity contribution in [1.29, 1.82) is 0 Å². The van der Waals surface area contributed by atoms with E-state index in [0.717, 1.165) is 5.56 Å². The lowest BCUT2D eigenvalue weighted by atomic mass is 10.1. The Morgan fingerprint density at radius 1 is 1.19 bits per heavy atom. The fourth-order valence-electron chi connectivity index (χ4n) is 1.78. The predicted molar refractivity (Wildman–Crippen MR) is 93.7 cm³/mol. The van der Waals surface area contributed by atoms with E-state index >= 15 is 0 Å². The van der Waals surface area contributed by atoms with Gasteiger partial charge in [-0.2, -0.15) is 0 Å². The highest BCUT2D eigenvalue weighted by atomic mass is 79.9. The number of benzene rings is 2. The number of alkyl halides is 1. The van der Waals surface area contributed by atoms with E-state index in [-0.39, 0.29) is 9.72 Å². The van der Waals surface area contributed by atoms with Crippen LogP contribution in [0.15, 0.2) is 51.8 Å². The highest BCUT2D eigenvalue weighted by Crippen LogP contribution is 2.31. The van der Waals surface area contributed by atoms with Gasteiger partial charge in [0.25, 0.3) is 10.0 Å². The Morgan fingerprint density at radius 3 is 2.48 bits per heavy atom. The first-order chi connectivity index (χ1) is 9.81. The van der Waals surface area contributed by atoms with Crippen LogP contribution in [0.2, 0.25) is 5.02 Å². The van der Waals surface area contributed by atoms with Crippen molar-refractivity contribution < 1.29 is 8.42 Å². The lowest BCUT2D eigenvalue weighted by Crippen LogP contribution is -2.14. The first kappa shape index (κ1) is 16.8. The third-order valence-electron chi connectivity index (χ3n) is 2.84. The van der Waals surface area contributed by atoms with E-state index < -0.39 is 10.0 Å². The minimum Gasteiger partial charge on any atom is -0.279 e. The summed E-state index contributed by atoms with van der Waals surface area (Å²) in [4.78, 5) is 0.184. The van der Waals surface area contributed by atoms with Gasteiger partial charge in [-0.3, -0.25) is 4.72 Å². The molecule has 0 radical (unpaired) electrons. The second-order valence-corrected chi connectivity index (χ2v) is 8.70. The van der Waals surface area contributed by atoms with Crippen LogP contribution in [-0.2, 0) is 10.0 Å². The zero-order valence-electron chi connectivity index (χ0n) is 11.0. The molecule has 0 bridgehead atoms. The molecule has 1 unspecified atom stereocenters. The highest BCUT2D eigenvalue weighted by Gasteiger charge is 2.18. The molecular formula is C14H12Br2ClNO2S. The van der Waals surface area contributed by atoms with Gasteiger partial charge in [-0.15, -0.1) is 0 Å². The lowest BCUT2D eigenvalue weighted by Gasteiger charge is -2.14. The van der Waals surface area contributed by atoms with Crippen LogP contribution in [0.4, 0.5) is 5.69 Å². The zero-order valence-corrected chi connectivity index (χ0v) is 15.7. The Hall–Kier alpha value is -0.560. The second-order valence-electron chi connectivity index (χ2n) is 4.38. The average Bonchev–Trinajstić information content (AvgIpc) is 2.41.